The summed E-state index contributed by atoms with van der Waals surface area (Å²) < 4.78 is 39.6. The Bertz CT molecular complexity index is 932. The largest absolute Gasteiger partial charge is 0.271 e. The third-order valence-corrected chi connectivity index (χ3v) is 4.28. The lowest BCUT2D eigenvalue weighted by molar-refractivity contribution is -0.123. The fourth-order valence-corrected chi connectivity index (χ4v) is 3.01. The predicted octanol–water partition coefficient (Wildman–Crippen LogP) is 2.60. The summed E-state index contributed by atoms with van der Waals surface area (Å²) in [6.07, 6.45) is 0. The summed E-state index contributed by atoms with van der Waals surface area (Å²) in [6.45, 7) is 0.148. The van der Waals surface area contributed by atoms with Crippen molar-refractivity contribution in [2.24, 2.45) is 10.3 Å². The van der Waals surface area contributed by atoms with Crippen LogP contribution in [-0.4, -0.2) is 28.9 Å². The van der Waals surface area contributed by atoms with E-state index in [0.29, 0.717) is 5.56 Å². The molecule has 2 aliphatic heterocycles. The number of hydrogen-bond donors (Lipinski definition) is 0. The number of rotatable bonds is 3. The highest BCUT2D eigenvalue weighted by molar-refractivity contribution is 6.25. The first-order valence-corrected chi connectivity index (χ1v) is 7.70. The van der Waals surface area contributed by atoms with Gasteiger partial charge in [-0.15, -0.1) is 0 Å². The van der Waals surface area contributed by atoms with Gasteiger partial charge in [0.25, 0.3) is 11.8 Å². The van der Waals surface area contributed by atoms with Gasteiger partial charge in [0.1, 0.15) is 5.82 Å². The summed E-state index contributed by atoms with van der Waals surface area (Å²) in [5.41, 5.74) is 0.614. The van der Waals surface area contributed by atoms with Crippen molar-refractivity contribution in [3.63, 3.8) is 0 Å². The van der Waals surface area contributed by atoms with Gasteiger partial charge in [-0.3, -0.25) is 14.6 Å². The number of fused-ring (bicyclic) bond motifs is 1. The minimum Gasteiger partial charge on any atom is -0.271 e. The van der Waals surface area contributed by atoms with Crippen LogP contribution in [0.2, 0.25) is 0 Å². The molecule has 0 saturated carbocycles. The summed E-state index contributed by atoms with van der Waals surface area (Å²) in [6, 6.07) is 6.38. The molecular formula is C17H11F3N4O2. The predicted molar refractivity (Wildman–Crippen MR) is 83.2 cm³/mol. The highest BCUT2D eigenvalue weighted by Gasteiger charge is 2.54. The number of carbonyl (C=O) groups excluding carboxylic acids is 2. The fraction of sp³-hybridized carbons (Fsp3) is 0.176. The zero-order valence-corrected chi connectivity index (χ0v) is 13.1. The van der Waals surface area contributed by atoms with Crippen LogP contribution in [0.4, 0.5) is 18.9 Å². The normalized spacial score (nSPS) is 21.7. The Morgan fingerprint density at radius 1 is 0.923 bits per heavy atom. The topological polar surface area (TPSA) is 65.3 Å². The number of hydrogen-bond acceptors (Lipinski definition) is 5. The third kappa shape index (κ3) is 2.52. The van der Waals surface area contributed by atoms with Gasteiger partial charge in [0.05, 0.1) is 12.2 Å². The van der Waals surface area contributed by atoms with Crippen molar-refractivity contribution in [1.29, 1.82) is 0 Å². The zero-order valence-electron chi connectivity index (χ0n) is 13.1. The molecule has 6 nitrogen and oxygen atoms in total. The Kier molecular flexibility index (Phi) is 3.71. The molecule has 1 fully saturated rings. The van der Waals surface area contributed by atoms with Gasteiger partial charge in [-0.1, -0.05) is 17.4 Å². The lowest BCUT2D eigenvalue weighted by atomic mass is 10.1. The van der Waals surface area contributed by atoms with E-state index in [1.807, 2.05) is 0 Å². The van der Waals surface area contributed by atoms with E-state index in [1.54, 1.807) is 0 Å². The molecule has 2 amide bonds. The molecule has 26 heavy (non-hydrogen) atoms. The van der Waals surface area contributed by atoms with Crippen LogP contribution in [0.25, 0.3) is 0 Å². The Labute approximate surface area is 145 Å². The van der Waals surface area contributed by atoms with Crippen molar-refractivity contribution < 1.29 is 22.8 Å². The summed E-state index contributed by atoms with van der Waals surface area (Å²) in [7, 11) is 0. The Morgan fingerprint density at radius 3 is 2.35 bits per heavy atom. The molecule has 4 rings (SSSR count). The second-order valence-electron chi connectivity index (χ2n) is 5.93. The minimum atomic E-state index is -1.16. The van der Waals surface area contributed by atoms with Crippen LogP contribution in [0.15, 0.2) is 52.8 Å². The average Bonchev–Trinajstić information content (AvgIpc) is 3.13. The monoisotopic (exact) mass is 360 g/mol. The quantitative estimate of drug-likeness (QED) is 0.791. The maximum Gasteiger partial charge on any atom is 0.263 e. The van der Waals surface area contributed by atoms with Crippen molar-refractivity contribution in [3.05, 3.63) is 65.5 Å². The standard InChI is InChI=1S/C17H11F3N4O2/c18-10-3-1-9(2-4-10)8-23-15-14(21-22-23)16(25)24(17(15)26)11-5-6-12(19)13(20)7-11/h1-7,14-15H,8H2. The number of carbonyl (C=O) groups is 2. The lowest BCUT2D eigenvalue weighted by Crippen LogP contribution is -2.39. The number of amides is 2. The van der Waals surface area contributed by atoms with E-state index in [4.69, 9.17) is 0 Å². The molecule has 0 radical (unpaired) electrons. The summed E-state index contributed by atoms with van der Waals surface area (Å²) >= 11 is 0. The second-order valence-corrected chi connectivity index (χ2v) is 5.93. The molecule has 0 N–H and O–H groups in total. The molecule has 2 unspecified atom stereocenters. The van der Waals surface area contributed by atoms with E-state index >= 15 is 0 Å². The molecule has 1 saturated heterocycles. The van der Waals surface area contributed by atoms with Gasteiger partial charge in [-0.2, -0.15) is 5.11 Å². The van der Waals surface area contributed by atoms with Gasteiger partial charge in [0, 0.05) is 6.07 Å². The second kappa shape index (κ2) is 5.94. The summed E-state index contributed by atoms with van der Waals surface area (Å²) in [4.78, 5) is 26.0. The van der Waals surface area contributed by atoms with Crippen LogP contribution in [0.1, 0.15) is 5.56 Å². The number of benzene rings is 2. The van der Waals surface area contributed by atoms with Crippen molar-refractivity contribution in [1.82, 2.24) is 5.01 Å². The third-order valence-electron chi connectivity index (χ3n) is 4.28. The number of anilines is 1. The maximum atomic E-state index is 13.5. The Morgan fingerprint density at radius 2 is 1.65 bits per heavy atom. The van der Waals surface area contributed by atoms with E-state index in [-0.39, 0.29) is 12.2 Å². The van der Waals surface area contributed by atoms with Gasteiger partial charge in [0.2, 0.25) is 0 Å². The van der Waals surface area contributed by atoms with Crippen molar-refractivity contribution in [2.45, 2.75) is 18.6 Å². The molecular weight excluding hydrogens is 349 g/mol. The molecule has 0 spiro atoms. The fourth-order valence-electron chi connectivity index (χ4n) is 3.01. The van der Waals surface area contributed by atoms with Crippen LogP contribution < -0.4 is 4.90 Å². The number of halogens is 3. The first kappa shape index (κ1) is 16.2. The van der Waals surface area contributed by atoms with E-state index in [1.165, 1.54) is 29.3 Å². The lowest BCUT2D eigenvalue weighted by Gasteiger charge is -2.20. The first-order valence-electron chi connectivity index (χ1n) is 7.70. The van der Waals surface area contributed by atoms with E-state index in [2.05, 4.69) is 10.3 Å². The average molecular weight is 360 g/mol. The van der Waals surface area contributed by atoms with E-state index in [9.17, 15) is 22.8 Å². The van der Waals surface area contributed by atoms with Crippen LogP contribution in [0.5, 0.6) is 0 Å². The molecule has 0 bridgehead atoms. The van der Waals surface area contributed by atoms with Gasteiger partial charge in [-0.05, 0) is 29.8 Å². The SMILES string of the molecule is O=C1C2N=NN(Cc3ccc(F)cc3)C2C(=O)N1c1ccc(F)c(F)c1. The van der Waals surface area contributed by atoms with Gasteiger partial charge >= 0.3 is 0 Å². The smallest absolute Gasteiger partial charge is 0.263 e. The number of nitrogens with zero attached hydrogens (tertiary/aromatic N) is 4. The maximum absolute atomic E-state index is 13.5. The molecule has 132 valence electrons. The highest BCUT2D eigenvalue weighted by Crippen LogP contribution is 2.33. The Balaban J connectivity index is 1.60. The molecule has 9 heteroatoms. The molecule has 2 atom stereocenters. The van der Waals surface area contributed by atoms with Crippen molar-refractivity contribution in [2.75, 3.05) is 4.90 Å². The van der Waals surface area contributed by atoms with Gasteiger partial charge in [-0.25, -0.2) is 18.1 Å². The highest BCUT2D eigenvalue weighted by atomic mass is 19.2. The minimum absolute atomic E-state index is 0.0646. The summed E-state index contributed by atoms with van der Waals surface area (Å²) in [5, 5.41) is 9.03. The van der Waals surface area contributed by atoms with Crippen molar-refractivity contribution >= 4 is 17.5 Å². The molecule has 0 aromatic heterocycles. The van der Waals surface area contributed by atoms with Crippen LogP contribution in [-0.2, 0) is 16.1 Å². The van der Waals surface area contributed by atoms with Crippen molar-refractivity contribution in [3.8, 4) is 0 Å². The van der Waals surface area contributed by atoms with Crippen LogP contribution in [0.3, 0.4) is 0 Å². The zero-order chi connectivity index (χ0) is 18.4. The number of imide groups is 1. The van der Waals surface area contributed by atoms with E-state index < -0.39 is 41.3 Å². The molecule has 2 aromatic rings. The first-order chi connectivity index (χ1) is 12.5. The van der Waals surface area contributed by atoms with Gasteiger partial charge < -0.3 is 0 Å². The molecule has 0 aliphatic carbocycles. The van der Waals surface area contributed by atoms with Crippen LogP contribution in [0, 0.1) is 17.5 Å². The molecule has 2 aromatic carbocycles. The Hall–Kier alpha value is -3.23. The van der Waals surface area contributed by atoms with Crippen LogP contribution >= 0.6 is 0 Å². The molecule has 2 heterocycles. The summed E-state index contributed by atoms with van der Waals surface area (Å²) in [5.74, 6) is -3.92. The van der Waals surface area contributed by atoms with E-state index in [0.717, 1.165) is 23.1 Å². The van der Waals surface area contributed by atoms with Gasteiger partial charge in [0.15, 0.2) is 23.7 Å². The molecule has 2 aliphatic rings.